The molecule has 0 fully saturated rings. The van der Waals surface area contributed by atoms with E-state index >= 15 is 0 Å². The van der Waals surface area contributed by atoms with Crippen molar-refractivity contribution >= 4 is 11.3 Å². The van der Waals surface area contributed by atoms with Gasteiger partial charge < -0.3 is 5.73 Å². The van der Waals surface area contributed by atoms with E-state index in [4.69, 9.17) is 10.7 Å². The highest BCUT2D eigenvalue weighted by atomic mass is 32.1. The Labute approximate surface area is 121 Å². The van der Waals surface area contributed by atoms with E-state index in [1.165, 1.54) is 79.8 Å². The van der Waals surface area contributed by atoms with E-state index in [0.717, 1.165) is 6.42 Å². The van der Waals surface area contributed by atoms with Crippen LogP contribution < -0.4 is 5.73 Å². The van der Waals surface area contributed by atoms with Crippen molar-refractivity contribution in [3.63, 3.8) is 0 Å². The van der Waals surface area contributed by atoms with Crippen LogP contribution in [-0.2, 0) is 12.8 Å². The second-order valence-corrected chi connectivity index (χ2v) is 6.88. The number of aromatic nitrogens is 1. The van der Waals surface area contributed by atoms with E-state index in [1.54, 1.807) is 0 Å². The van der Waals surface area contributed by atoms with Crippen molar-refractivity contribution in [2.24, 2.45) is 5.73 Å². The quantitative estimate of drug-likeness (QED) is 0.847. The van der Waals surface area contributed by atoms with Crippen molar-refractivity contribution in [2.45, 2.75) is 83.6 Å². The van der Waals surface area contributed by atoms with Gasteiger partial charge in [-0.3, -0.25) is 0 Å². The molecule has 1 aromatic heterocycles. The lowest BCUT2D eigenvalue weighted by molar-refractivity contribution is 0.559. The second-order valence-electron chi connectivity index (χ2n) is 5.77. The van der Waals surface area contributed by atoms with Crippen LogP contribution in [0.5, 0.6) is 0 Å². The lowest BCUT2D eigenvalue weighted by Crippen LogP contribution is -2.08. The van der Waals surface area contributed by atoms with Crippen LogP contribution in [0.1, 0.15) is 86.3 Å². The van der Waals surface area contributed by atoms with Gasteiger partial charge in [0.1, 0.15) is 5.01 Å². The normalized spacial score (nSPS) is 20.1. The summed E-state index contributed by atoms with van der Waals surface area (Å²) in [6, 6.07) is 0.146. The smallest absolute Gasteiger partial charge is 0.110 e. The minimum Gasteiger partial charge on any atom is -0.322 e. The molecule has 2 rings (SSSR count). The number of aryl methyl sites for hydroxylation is 2. The van der Waals surface area contributed by atoms with Crippen LogP contribution in [0, 0.1) is 0 Å². The van der Waals surface area contributed by atoms with E-state index in [9.17, 15) is 0 Å². The molecule has 0 radical (unpaired) electrons. The van der Waals surface area contributed by atoms with Crippen molar-refractivity contribution < 1.29 is 0 Å². The lowest BCUT2D eigenvalue weighted by Gasteiger charge is -2.06. The molecule has 3 heteroatoms. The Morgan fingerprint density at radius 3 is 2.21 bits per heavy atom. The summed E-state index contributed by atoms with van der Waals surface area (Å²) in [5, 5.41) is 1.17. The predicted molar refractivity (Wildman–Crippen MR) is 83.7 cm³/mol. The molecule has 108 valence electrons. The minimum atomic E-state index is 0.146. The van der Waals surface area contributed by atoms with Gasteiger partial charge in [0.15, 0.2) is 0 Å². The van der Waals surface area contributed by atoms with Crippen LogP contribution in [0.25, 0.3) is 0 Å². The van der Waals surface area contributed by atoms with Crippen molar-refractivity contribution in [1.82, 2.24) is 4.98 Å². The third-order valence-electron chi connectivity index (χ3n) is 4.12. The standard InChI is InChI=1S/C16H28N2S/c1-2-13(17)16-18-14-11-9-7-5-3-4-6-8-10-12-15(14)19-16/h13H,2-12,17H2,1H3. The van der Waals surface area contributed by atoms with Gasteiger partial charge in [-0.1, -0.05) is 45.4 Å². The molecule has 19 heavy (non-hydrogen) atoms. The summed E-state index contributed by atoms with van der Waals surface area (Å²) < 4.78 is 0. The summed E-state index contributed by atoms with van der Waals surface area (Å²) in [6.45, 7) is 2.15. The molecule has 1 unspecified atom stereocenters. The van der Waals surface area contributed by atoms with E-state index in [1.807, 2.05) is 11.3 Å². The SMILES string of the molecule is CCC(N)c1nc2c(s1)CCCCCCCCCC2. The molecular formula is C16H28N2S. The first-order valence-corrected chi connectivity index (χ1v) is 8.87. The fourth-order valence-electron chi connectivity index (χ4n) is 2.77. The topological polar surface area (TPSA) is 38.9 Å². The number of nitrogens with two attached hydrogens (primary N) is 1. The van der Waals surface area contributed by atoms with Gasteiger partial charge in [-0.15, -0.1) is 11.3 Å². The van der Waals surface area contributed by atoms with Crippen molar-refractivity contribution in [2.75, 3.05) is 0 Å². The van der Waals surface area contributed by atoms with E-state index in [2.05, 4.69) is 6.92 Å². The summed E-state index contributed by atoms with van der Waals surface area (Å²) in [6.07, 6.45) is 14.4. The third kappa shape index (κ3) is 4.57. The number of thiazole rings is 1. The highest BCUT2D eigenvalue weighted by Gasteiger charge is 2.15. The van der Waals surface area contributed by atoms with Gasteiger partial charge in [-0.25, -0.2) is 4.98 Å². The summed E-state index contributed by atoms with van der Waals surface area (Å²) in [5.41, 5.74) is 7.51. The zero-order valence-corrected chi connectivity index (χ0v) is 13.1. The molecule has 0 spiro atoms. The molecule has 1 aliphatic rings. The van der Waals surface area contributed by atoms with Gasteiger partial charge >= 0.3 is 0 Å². The molecule has 1 aliphatic carbocycles. The fraction of sp³-hybridized carbons (Fsp3) is 0.812. The largest absolute Gasteiger partial charge is 0.322 e. The van der Waals surface area contributed by atoms with Crippen LogP contribution in [0.2, 0.25) is 0 Å². The van der Waals surface area contributed by atoms with Gasteiger partial charge in [0.25, 0.3) is 0 Å². The molecular weight excluding hydrogens is 252 g/mol. The molecule has 0 saturated carbocycles. The molecule has 2 N–H and O–H groups in total. The van der Waals surface area contributed by atoms with Gasteiger partial charge in [0.2, 0.25) is 0 Å². The Morgan fingerprint density at radius 1 is 1.00 bits per heavy atom. The maximum absolute atomic E-state index is 6.14. The summed E-state index contributed by atoms with van der Waals surface area (Å²) in [4.78, 5) is 6.37. The zero-order chi connectivity index (χ0) is 13.5. The van der Waals surface area contributed by atoms with E-state index in [-0.39, 0.29) is 6.04 Å². The van der Waals surface area contributed by atoms with Crippen molar-refractivity contribution in [3.8, 4) is 0 Å². The minimum absolute atomic E-state index is 0.146. The molecule has 1 heterocycles. The number of hydrogen-bond donors (Lipinski definition) is 1. The molecule has 0 bridgehead atoms. The zero-order valence-electron chi connectivity index (χ0n) is 12.3. The van der Waals surface area contributed by atoms with Gasteiger partial charge in [-0.05, 0) is 32.1 Å². The van der Waals surface area contributed by atoms with Gasteiger partial charge in [0.05, 0.1) is 11.7 Å². The summed E-state index contributed by atoms with van der Waals surface area (Å²) >= 11 is 1.88. The Hall–Kier alpha value is -0.410. The first-order valence-electron chi connectivity index (χ1n) is 8.05. The highest BCUT2D eigenvalue weighted by molar-refractivity contribution is 7.11. The average molecular weight is 280 g/mol. The van der Waals surface area contributed by atoms with E-state index in [0.29, 0.717) is 0 Å². The van der Waals surface area contributed by atoms with Crippen molar-refractivity contribution in [1.29, 1.82) is 0 Å². The Morgan fingerprint density at radius 2 is 1.58 bits per heavy atom. The molecule has 2 nitrogen and oxygen atoms in total. The third-order valence-corrected chi connectivity index (χ3v) is 5.41. The number of nitrogens with zero attached hydrogens (tertiary/aromatic N) is 1. The Bertz CT molecular complexity index is 343. The van der Waals surface area contributed by atoms with Crippen LogP contribution in [0.3, 0.4) is 0 Å². The Kier molecular flexibility index (Phi) is 6.32. The average Bonchev–Trinajstić information content (AvgIpc) is 2.81. The van der Waals surface area contributed by atoms with Gasteiger partial charge in [-0.2, -0.15) is 0 Å². The number of rotatable bonds is 2. The summed E-state index contributed by atoms with van der Waals surface area (Å²) in [5.74, 6) is 0. The van der Waals surface area contributed by atoms with Crippen LogP contribution in [0.15, 0.2) is 0 Å². The monoisotopic (exact) mass is 280 g/mol. The molecule has 0 aromatic carbocycles. The Balaban J connectivity index is 2.06. The maximum Gasteiger partial charge on any atom is 0.110 e. The van der Waals surface area contributed by atoms with Crippen LogP contribution >= 0.6 is 11.3 Å². The van der Waals surface area contributed by atoms with Crippen LogP contribution in [-0.4, -0.2) is 4.98 Å². The molecule has 1 atom stereocenters. The first-order chi connectivity index (χ1) is 9.31. The second kappa shape index (κ2) is 8.01. The van der Waals surface area contributed by atoms with E-state index < -0.39 is 0 Å². The predicted octanol–water partition coefficient (Wildman–Crippen LogP) is 4.77. The van der Waals surface area contributed by atoms with Crippen LogP contribution in [0.4, 0.5) is 0 Å². The first kappa shape index (κ1) is 15.0. The lowest BCUT2D eigenvalue weighted by atomic mass is 10.0. The maximum atomic E-state index is 6.14. The highest BCUT2D eigenvalue weighted by Crippen LogP contribution is 2.28. The van der Waals surface area contributed by atoms with Gasteiger partial charge in [0, 0.05) is 4.88 Å². The van der Waals surface area contributed by atoms with Crippen molar-refractivity contribution in [3.05, 3.63) is 15.6 Å². The number of hydrogen-bond acceptors (Lipinski definition) is 3. The molecule has 0 saturated heterocycles. The molecule has 0 aliphatic heterocycles. The summed E-state index contributed by atoms with van der Waals surface area (Å²) in [7, 11) is 0. The molecule has 1 aromatic rings. The molecule has 0 amide bonds. The fourth-order valence-corrected chi connectivity index (χ4v) is 4.00. The number of fused-ring (bicyclic) bond motifs is 1.